The zero-order valence-corrected chi connectivity index (χ0v) is 23.4. The lowest BCUT2D eigenvalue weighted by Gasteiger charge is -2.46. The van der Waals surface area contributed by atoms with Crippen LogP contribution in [-0.2, 0) is 28.7 Å². The first-order chi connectivity index (χ1) is 16.8. The normalized spacial score (nSPS) is 25.7. The average Bonchev–Trinajstić information content (AvgIpc) is 2.63. The fraction of sp³-hybridized carbons (Fsp3) is 0.808. The Balaban J connectivity index is 1.61. The quantitative estimate of drug-likeness (QED) is 0.396. The van der Waals surface area contributed by atoms with Crippen molar-refractivity contribution in [2.75, 3.05) is 13.1 Å². The number of ether oxygens (including phenoxy) is 2. The second-order valence-electron chi connectivity index (χ2n) is 13.2. The Morgan fingerprint density at radius 1 is 0.676 bits per heavy atom. The van der Waals surface area contributed by atoms with Gasteiger partial charge in [0.25, 0.3) is 0 Å². The van der Waals surface area contributed by atoms with E-state index in [1.165, 1.54) is 0 Å². The third kappa shape index (κ3) is 7.73. The fourth-order valence-electron chi connectivity index (χ4n) is 6.32. The third-order valence-electron chi connectivity index (χ3n) is 6.84. The van der Waals surface area contributed by atoms with Gasteiger partial charge in [0.2, 0.25) is 11.8 Å². The Labute approximate surface area is 218 Å². The predicted molar refractivity (Wildman–Crippen MR) is 134 cm³/mol. The first-order valence-corrected chi connectivity index (χ1v) is 12.9. The van der Waals surface area contributed by atoms with E-state index in [1.807, 2.05) is 55.4 Å². The molecule has 0 aromatic heterocycles. The van der Waals surface area contributed by atoms with Gasteiger partial charge in [-0.15, -0.1) is 0 Å². The summed E-state index contributed by atoms with van der Waals surface area (Å²) in [5.41, 5.74) is -1.03. The van der Waals surface area contributed by atoms with E-state index in [0.29, 0.717) is 35.5 Å². The van der Waals surface area contributed by atoms with Crippen molar-refractivity contribution in [3.63, 3.8) is 0 Å². The molecule has 0 bridgehead atoms. The van der Waals surface area contributed by atoms with Crippen molar-refractivity contribution in [3.8, 4) is 0 Å². The van der Waals surface area contributed by atoms with E-state index in [-0.39, 0.29) is 34.4 Å². The lowest BCUT2D eigenvalue weighted by Crippen LogP contribution is -2.61. The molecule has 0 radical (unpaired) electrons. The van der Waals surface area contributed by atoms with Crippen molar-refractivity contribution in [1.82, 2.24) is 20.4 Å². The number of hydrogen-bond donors (Lipinski definition) is 2. The van der Waals surface area contributed by atoms with Crippen LogP contribution in [0.3, 0.4) is 0 Å². The number of carbonyl (C=O) groups is 5. The van der Waals surface area contributed by atoms with Crippen molar-refractivity contribution >= 4 is 29.8 Å². The highest BCUT2D eigenvalue weighted by Gasteiger charge is 2.44. The molecule has 2 N–H and O–H groups in total. The molecule has 0 saturated carbocycles. The molecule has 0 spiro atoms. The monoisotopic (exact) mass is 522 g/mol. The molecule has 0 aromatic rings. The van der Waals surface area contributed by atoms with Gasteiger partial charge in [-0.1, -0.05) is 0 Å². The van der Waals surface area contributed by atoms with Crippen molar-refractivity contribution < 1.29 is 33.4 Å². The molecule has 3 fully saturated rings. The van der Waals surface area contributed by atoms with Gasteiger partial charge in [-0.25, -0.2) is 4.79 Å². The van der Waals surface area contributed by atoms with Gasteiger partial charge >= 0.3 is 18.0 Å². The standard InChI is InChI=1S/C26H42N4O7/c1-23(2)10-16(11-24(3,4)27-23)36-20(33)14-29-18(31)9-19(32)30(22(29)35)15-21(34)37-17-12-25(5,6)28-26(7,8)13-17/h16-17,27-28H,9-15H2,1-8H3. The highest BCUT2D eigenvalue weighted by molar-refractivity contribution is 6.15. The number of barbiturate groups is 1. The first kappa shape index (κ1) is 29.0. The molecule has 11 nitrogen and oxygen atoms in total. The van der Waals surface area contributed by atoms with Crippen molar-refractivity contribution in [3.05, 3.63) is 0 Å². The molecule has 0 unspecified atom stereocenters. The topological polar surface area (TPSA) is 134 Å². The minimum atomic E-state index is -1.02. The molecule has 37 heavy (non-hydrogen) atoms. The summed E-state index contributed by atoms with van der Waals surface area (Å²) in [5.74, 6) is -3.08. The SMILES string of the molecule is CC1(C)CC(OC(=O)CN2C(=O)CC(=O)N(CC(=O)OC3CC(C)(C)NC(C)(C)C3)C2=O)CC(C)(C)N1. The summed E-state index contributed by atoms with van der Waals surface area (Å²) in [6.07, 6.45) is 0.901. The third-order valence-corrected chi connectivity index (χ3v) is 6.84. The van der Waals surface area contributed by atoms with Gasteiger partial charge in [0.1, 0.15) is 31.7 Å². The molecule has 0 atom stereocenters. The van der Waals surface area contributed by atoms with Crippen molar-refractivity contribution in [2.45, 2.75) is 122 Å². The number of nitrogens with zero attached hydrogens (tertiary/aromatic N) is 2. The van der Waals surface area contributed by atoms with E-state index in [2.05, 4.69) is 10.6 Å². The molecular formula is C26H42N4O7. The number of carbonyl (C=O) groups excluding carboxylic acids is 5. The first-order valence-electron chi connectivity index (χ1n) is 12.9. The number of esters is 2. The summed E-state index contributed by atoms with van der Waals surface area (Å²) in [4.78, 5) is 64.6. The molecule has 0 aromatic carbocycles. The maximum atomic E-state index is 13.0. The number of nitrogens with one attached hydrogen (secondary N) is 2. The lowest BCUT2D eigenvalue weighted by atomic mass is 9.81. The second kappa shape index (κ2) is 9.98. The molecule has 11 heteroatoms. The Morgan fingerprint density at radius 3 is 1.27 bits per heavy atom. The smallest absolute Gasteiger partial charge is 0.334 e. The molecule has 0 aliphatic carbocycles. The molecule has 208 valence electrons. The van der Waals surface area contributed by atoms with Crippen LogP contribution in [0.2, 0.25) is 0 Å². The molecule has 3 heterocycles. The maximum Gasteiger partial charge on any atom is 0.334 e. The van der Waals surface area contributed by atoms with Gasteiger partial charge in [-0.05, 0) is 55.4 Å². The largest absolute Gasteiger partial charge is 0.461 e. The number of amides is 4. The zero-order valence-electron chi connectivity index (χ0n) is 23.4. The summed E-state index contributed by atoms with van der Waals surface area (Å²) >= 11 is 0. The number of piperidine rings is 2. The van der Waals surface area contributed by atoms with Crippen LogP contribution in [0.15, 0.2) is 0 Å². The van der Waals surface area contributed by atoms with Crippen molar-refractivity contribution in [2.24, 2.45) is 0 Å². The molecule has 3 rings (SSSR count). The maximum absolute atomic E-state index is 13.0. The van der Waals surface area contributed by atoms with E-state index < -0.39 is 49.3 Å². The van der Waals surface area contributed by atoms with Crippen LogP contribution < -0.4 is 10.6 Å². The Morgan fingerprint density at radius 2 is 0.973 bits per heavy atom. The van der Waals surface area contributed by atoms with E-state index in [0.717, 1.165) is 0 Å². The Bertz CT molecular complexity index is 866. The summed E-state index contributed by atoms with van der Waals surface area (Å²) in [6.45, 7) is 14.9. The van der Waals surface area contributed by atoms with E-state index in [1.54, 1.807) is 0 Å². The van der Waals surface area contributed by atoms with Crippen LogP contribution in [0.5, 0.6) is 0 Å². The number of urea groups is 1. The number of hydrogen-bond acceptors (Lipinski definition) is 9. The average molecular weight is 523 g/mol. The summed E-state index contributed by atoms with van der Waals surface area (Å²) < 4.78 is 11.2. The molecule has 3 aliphatic rings. The van der Waals surface area contributed by atoms with Gasteiger partial charge in [0, 0.05) is 47.8 Å². The molecule has 4 amide bonds. The summed E-state index contributed by atoms with van der Waals surface area (Å²) in [6, 6.07) is -1.02. The number of rotatable bonds is 6. The van der Waals surface area contributed by atoms with Gasteiger partial charge in [0.15, 0.2) is 0 Å². The molecular weight excluding hydrogens is 480 g/mol. The summed E-state index contributed by atoms with van der Waals surface area (Å²) in [5, 5.41) is 6.99. The van der Waals surface area contributed by atoms with Crippen LogP contribution in [0, 0.1) is 0 Å². The van der Waals surface area contributed by atoms with Crippen LogP contribution in [0.1, 0.15) is 87.5 Å². The van der Waals surface area contributed by atoms with E-state index in [4.69, 9.17) is 9.47 Å². The number of imide groups is 2. The zero-order chi connectivity index (χ0) is 28.0. The van der Waals surface area contributed by atoms with Crippen LogP contribution in [0.25, 0.3) is 0 Å². The fourth-order valence-corrected chi connectivity index (χ4v) is 6.32. The highest BCUT2D eigenvalue weighted by Crippen LogP contribution is 2.31. The van der Waals surface area contributed by atoms with E-state index in [9.17, 15) is 24.0 Å². The van der Waals surface area contributed by atoms with Crippen LogP contribution in [-0.4, -0.2) is 87.0 Å². The molecule has 3 saturated heterocycles. The minimum absolute atomic E-state index is 0.258. The Kier molecular flexibility index (Phi) is 7.83. The van der Waals surface area contributed by atoms with Gasteiger partial charge in [-0.2, -0.15) is 0 Å². The Hall–Kier alpha value is -2.53. The van der Waals surface area contributed by atoms with E-state index >= 15 is 0 Å². The highest BCUT2D eigenvalue weighted by atomic mass is 16.5. The summed E-state index contributed by atoms with van der Waals surface area (Å²) in [7, 11) is 0. The second-order valence-corrected chi connectivity index (χ2v) is 13.2. The van der Waals surface area contributed by atoms with Gasteiger partial charge in [0.05, 0.1) is 0 Å². The van der Waals surface area contributed by atoms with Gasteiger partial charge < -0.3 is 20.1 Å². The minimum Gasteiger partial charge on any atom is -0.461 e. The predicted octanol–water partition coefficient (Wildman–Crippen LogP) is 1.87. The van der Waals surface area contributed by atoms with Crippen LogP contribution in [0.4, 0.5) is 4.79 Å². The van der Waals surface area contributed by atoms with Gasteiger partial charge in [-0.3, -0.25) is 29.0 Å². The lowest BCUT2D eigenvalue weighted by molar-refractivity contribution is -0.161. The molecule has 3 aliphatic heterocycles. The van der Waals surface area contributed by atoms with Crippen molar-refractivity contribution in [1.29, 1.82) is 0 Å². The van der Waals surface area contributed by atoms with Crippen LogP contribution >= 0.6 is 0 Å².